The molecule has 3 aromatic carbocycles. The summed E-state index contributed by atoms with van der Waals surface area (Å²) >= 11 is 0. The van der Waals surface area contributed by atoms with E-state index >= 15 is 0 Å². The molecule has 4 rings (SSSR count). The fraction of sp³-hybridized carbons (Fsp3) is 0.208. The van der Waals surface area contributed by atoms with Crippen LogP contribution in [0.4, 0.5) is 5.69 Å². The topological polar surface area (TPSA) is 59.6 Å². The molecule has 1 amide bonds. The quantitative estimate of drug-likeness (QED) is 0.666. The number of anilines is 1. The number of hydrogen-bond acceptors (Lipinski definition) is 4. The molecule has 1 aliphatic rings. The Morgan fingerprint density at radius 3 is 2.03 bits per heavy atom. The van der Waals surface area contributed by atoms with E-state index in [-0.39, 0.29) is 11.9 Å². The van der Waals surface area contributed by atoms with E-state index in [2.05, 4.69) is 10.6 Å². The number of amides is 1. The number of benzene rings is 3. The first kappa shape index (κ1) is 18.9. The van der Waals surface area contributed by atoms with Crippen molar-refractivity contribution in [2.24, 2.45) is 0 Å². The van der Waals surface area contributed by atoms with Crippen LogP contribution in [0, 0.1) is 0 Å². The maximum atomic E-state index is 13.0. The smallest absolute Gasteiger partial charge is 0.242 e. The van der Waals surface area contributed by atoms with Crippen molar-refractivity contribution in [1.29, 1.82) is 0 Å². The van der Waals surface area contributed by atoms with Gasteiger partial charge in [-0.25, -0.2) is 0 Å². The molecule has 5 heteroatoms. The van der Waals surface area contributed by atoms with Crippen LogP contribution >= 0.6 is 0 Å². The molecule has 1 atom stereocenters. The average molecular weight is 388 g/mol. The van der Waals surface area contributed by atoms with Crippen LogP contribution in [0.3, 0.4) is 0 Å². The Labute approximate surface area is 170 Å². The van der Waals surface area contributed by atoms with E-state index in [1.54, 1.807) is 0 Å². The van der Waals surface area contributed by atoms with Gasteiger partial charge in [0.25, 0.3) is 0 Å². The van der Waals surface area contributed by atoms with Crippen molar-refractivity contribution < 1.29 is 14.3 Å². The van der Waals surface area contributed by atoms with E-state index in [0.29, 0.717) is 19.0 Å². The Bertz CT molecular complexity index is 921. The van der Waals surface area contributed by atoms with Crippen LogP contribution in [0.5, 0.6) is 11.5 Å². The third-order valence-electron chi connectivity index (χ3n) is 4.87. The first-order valence-electron chi connectivity index (χ1n) is 9.77. The maximum absolute atomic E-state index is 13.0. The number of carbonyl (C=O) groups excluding carboxylic acids is 1. The van der Waals surface area contributed by atoms with Gasteiger partial charge in [0.15, 0.2) is 11.5 Å². The first-order valence-corrected chi connectivity index (χ1v) is 9.77. The fourth-order valence-corrected chi connectivity index (χ4v) is 3.37. The van der Waals surface area contributed by atoms with Crippen molar-refractivity contribution >= 4 is 11.6 Å². The highest BCUT2D eigenvalue weighted by molar-refractivity contribution is 5.85. The summed E-state index contributed by atoms with van der Waals surface area (Å²) in [5.41, 5.74) is 2.89. The Kier molecular flexibility index (Phi) is 5.66. The lowest BCUT2D eigenvalue weighted by Crippen LogP contribution is -2.40. The van der Waals surface area contributed by atoms with E-state index < -0.39 is 6.04 Å². The van der Waals surface area contributed by atoms with E-state index in [9.17, 15) is 4.79 Å². The van der Waals surface area contributed by atoms with Gasteiger partial charge < -0.3 is 20.1 Å². The zero-order chi connectivity index (χ0) is 20.1. The lowest BCUT2D eigenvalue weighted by Gasteiger charge is -2.24. The first-order chi connectivity index (χ1) is 14.2. The Morgan fingerprint density at radius 2 is 1.41 bits per heavy atom. The maximum Gasteiger partial charge on any atom is 0.242 e. The lowest BCUT2D eigenvalue weighted by molar-refractivity contribution is -0.122. The number of rotatable bonds is 6. The zero-order valence-corrected chi connectivity index (χ0v) is 16.3. The molecule has 0 saturated carbocycles. The van der Waals surface area contributed by atoms with Gasteiger partial charge in [-0.2, -0.15) is 0 Å². The van der Waals surface area contributed by atoms with Gasteiger partial charge in [0.05, 0.1) is 6.04 Å². The van der Waals surface area contributed by atoms with Crippen LogP contribution in [0.15, 0.2) is 78.9 Å². The summed E-state index contributed by atoms with van der Waals surface area (Å²) in [6, 6.07) is 24.9. The average Bonchev–Trinajstić information content (AvgIpc) is 2.78. The predicted octanol–water partition coefficient (Wildman–Crippen LogP) is 4.16. The lowest BCUT2D eigenvalue weighted by atomic mass is 9.98. The van der Waals surface area contributed by atoms with Gasteiger partial charge >= 0.3 is 0 Å². The third-order valence-corrected chi connectivity index (χ3v) is 4.87. The van der Waals surface area contributed by atoms with Crippen LogP contribution in [0.1, 0.15) is 24.1 Å². The van der Waals surface area contributed by atoms with Crippen molar-refractivity contribution in [1.82, 2.24) is 5.32 Å². The second-order valence-electron chi connectivity index (χ2n) is 6.99. The summed E-state index contributed by atoms with van der Waals surface area (Å²) in [5, 5.41) is 6.43. The number of carbonyl (C=O) groups is 1. The third kappa shape index (κ3) is 4.51. The molecule has 29 heavy (non-hydrogen) atoms. The van der Waals surface area contributed by atoms with Gasteiger partial charge in [-0.3, -0.25) is 4.79 Å². The number of hydrogen-bond donors (Lipinski definition) is 2. The molecule has 1 heterocycles. The molecule has 0 bridgehead atoms. The standard InChI is InChI=1S/C24H24N2O3/c1-17(25-20-12-13-21-22(16-20)29-15-14-28-21)24(27)26-23(18-8-4-2-5-9-18)19-10-6-3-7-11-19/h2-13,16-17,23,25H,14-15H2,1H3,(H,26,27)/t17-/m1/s1. The Morgan fingerprint density at radius 1 is 0.828 bits per heavy atom. The van der Waals surface area contributed by atoms with Crippen molar-refractivity contribution in [2.45, 2.75) is 19.0 Å². The van der Waals surface area contributed by atoms with Gasteiger partial charge in [0, 0.05) is 11.8 Å². The van der Waals surface area contributed by atoms with Crippen LogP contribution in [-0.4, -0.2) is 25.2 Å². The molecule has 2 N–H and O–H groups in total. The molecule has 0 aliphatic carbocycles. The summed E-state index contributed by atoms with van der Waals surface area (Å²) in [6.07, 6.45) is 0. The van der Waals surface area contributed by atoms with Crippen molar-refractivity contribution in [2.75, 3.05) is 18.5 Å². The van der Waals surface area contributed by atoms with Gasteiger partial charge in [0.1, 0.15) is 19.3 Å². The van der Waals surface area contributed by atoms with Crippen molar-refractivity contribution in [3.8, 4) is 11.5 Å². The summed E-state index contributed by atoms with van der Waals surface area (Å²) < 4.78 is 11.2. The molecule has 0 spiro atoms. The SMILES string of the molecule is C[C@@H](Nc1ccc2c(c1)OCCO2)C(=O)NC(c1ccccc1)c1ccccc1. The van der Waals surface area contributed by atoms with Gasteiger partial charge in [-0.05, 0) is 30.2 Å². The van der Waals surface area contributed by atoms with Gasteiger partial charge in [-0.1, -0.05) is 60.7 Å². The highest BCUT2D eigenvalue weighted by Crippen LogP contribution is 2.32. The molecule has 5 nitrogen and oxygen atoms in total. The molecule has 148 valence electrons. The summed E-state index contributed by atoms with van der Waals surface area (Å²) in [5.74, 6) is 1.34. The van der Waals surface area contributed by atoms with Crippen LogP contribution in [0.25, 0.3) is 0 Å². The molecule has 0 radical (unpaired) electrons. The van der Waals surface area contributed by atoms with Gasteiger partial charge in [0.2, 0.25) is 5.91 Å². The van der Waals surface area contributed by atoms with Crippen LogP contribution in [0.2, 0.25) is 0 Å². The molecular weight excluding hydrogens is 364 g/mol. The minimum atomic E-state index is -0.424. The van der Waals surface area contributed by atoms with E-state index in [1.807, 2.05) is 85.8 Å². The van der Waals surface area contributed by atoms with Crippen molar-refractivity contribution in [3.05, 3.63) is 90.0 Å². The van der Waals surface area contributed by atoms with E-state index in [1.165, 1.54) is 0 Å². The fourth-order valence-electron chi connectivity index (χ4n) is 3.37. The molecule has 0 aromatic heterocycles. The second-order valence-corrected chi connectivity index (χ2v) is 6.99. The largest absolute Gasteiger partial charge is 0.486 e. The predicted molar refractivity (Wildman–Crippen MR) is 113 cm³/mol. The number of nitrogens with one attached hydrogen (secondary N) is 2. The van der Waals surface area contributed by atoms with Crippen LogP contribution < -0.4 is 20.1 Å². The Hall–Kier alpha value is -3.47. The molecule has 1 aliphatic heterocycles. The molecule has 0 unspecified atom stereocenters. The molecule has 0 saturated heterocycles. The molecule has 0 fully saturated rings. The second kappa shape index (κ2) is 8.69. The van der Waals surface area contributed by atoms with Gasteiger partial charge in [-0.15, -0.1) is 0 Å². The van der Waals surface area contributed by atoms with Crippen LogP contribution in [-0.2, 0) is 4.79 Å². The minimum Gasteiger partial charge on any atom is -0.486 e. The van der Waals surface area contributed by atoms with Crippen molar-refractivity contribution in [3.63, 3.8) is 0 Å². The molecule has 3 aromatic rings. The van der Waals surface area contributed by atoms with E-state index in [0.717, 1.165) is 22.6 Å². The highest BCUT2D eigenvalue weighted by atomic mass is 16.6. The monoisotopic (exact) mass is 388 g/mol. The summed E-state index contributed by atoms with van der Waals surface area (Å²) in [7, 11) is 0. The minimum absolute atomic E-state index is 0.0856. The normalized spacial score (nSPS) is 13.6. The number of ether oxygens (including phenoxy) is 2. The summed E-state index contributed by atoms with van der Waals surface area (Å²) in [4.78, 5) is 13.0. The Balaban J connectivity index is 1.48. The number of fused-ring (bicyclic) bond motifs is 1. The van der Waals surface area contributed by atoms with E-state index in [4.69, 9.17) is 9.47 Å². The summed E-state index contributed by atoms with van der Waals surface area (Å²) in [6.45, 7) is 2.93. The molecular formula is C24H24N2O3. The zero-order valence-electron chi connectivity index (χ0n) is 16.3. The highest BCUT2D eigenvalue weighted by Gasteiger charge is 2.21.